The molecule has 0 spiro atoms. The fourth-order valence-electron chi connectivity index (χ4n) is 1.66. The number of pyridine rings is 1. The van der Waals surface area contributed by atoms with Gasteiger partial charge in [0.1, 0.15) is 11.5 Å². The number of rotatable bonds is 6. The summed E-state index contributed by atoms with van der Waals surface area (Å²) in [6, 6.07) is 13.6. The molecule has 3 nitrogen and oxygen atoms in total. The van der Waals surface area contributed by atoms with Gasteiger partial charge in [-0.15, -0.1) is 0 Å². The van der Waals surface area contributed by atoms with Gasteiger partial charge in [0.15, 0.2) is 0 Å². The molecule has 0 aliphatic heterocycles. The molecule has 0 radical (unpaired) electrons. The van der Waals surface area contributed by atoms with Crippen molar-refractivity contribution in [1.29, 1.82) is 0 Å². The van der Waals surface area contributed by atoms with E-state index in [1.807, 2.05) is 48.7 Å². The Bertz CT molecular complexity index is 454. The summed E-state index contributed by atoms with van der Waals surface area (Å²) < 4.78 is 10.7. The number of benzene rings is 1. The van der Waals surface area contributed by atoms with Gasteiger partial charge in [0.2, 0.25) is 0 Å². The lowest BCUT2D eigenvalue weighted by Gasteiger charge is -2.06. The van der Waals surface area contributed by atoms with Gasteiger partial charge in [-0.3, -0.25) is 4.98 Å². The standard InChI is InChI=1S/C15H17NO2/c1-17-14-7-9-15(10-8-14)18-12-4-6-13-5-2-3-11-16-13/h2-3,5,7-11H,4,6,12H2,1H3. The Hall–Kier alpha value is -2.03. The Morgan fingerprint density at radius 2 is 1.78 bits per heavy atom. The second-order valence-corrected chi connectivity index (χ2v) is 3.95. The van der Waals surface area contributed by atoms with Crippen molar-refractivity contribution in [1.82, 2.24) is 4.98 Å². The van der Waals surface area contributed by atoms with Crippen LogP contribution in [0, 0.1) is 0 Å². The second-order valence-electron chi connectivity index (χ2n) is 3.95. The Kier molecular flexibility index (Phi) is 4.59. The molecule has 0 atom stereocenters. The maximum Gasteiger partial charge on any atom is 0.119 e. The average molecular weight is 243 g/mol. The zero-order valence-electron chi connectivity index (χ0n) is 10.5. The third-order valence-electron chi connectivity index (χ3n) is 2.63. The Labute approximate surface area is 107 Å². The molecule has 0 unspecified atom stereocenters. The highest BCUT2D eigenvalue weighted by Gasteiger charge is 1.96. The van der Waals surface area contributed by atoms with Gasteiger partial charge in [-0.2, -0.15) is 0 Å². The number of ether oxygens (including phenoxy) is 2. The van der Waals surface area contributed by atoms with Crippen LogP contribution in [0.4, 0.5) is 0 Å². The molecule has 1 aromatic carbocycles. The van der Waals surface area contributed by atoms with Gasteiger partial charge >= 0.3 is 0 Å². The number of nitrogens with zero attached hydrogens (tertiary/aromatic N) is 1. The molecular weight excluding hydrogens is 226 g/mol. The van der Waals surface area contributed by atoms with E-state index < -0.39 is 0 Å². The molecule has 18 heavy (non-hydrogen) atoms. The lowest BCUT2D eigenvalue weighted by Crippen LogP contribution is -2.00. The summed E-state index contributed by atoms with van der Waals surface area (Å²) in [4.78, 5) is 4.27. The minimum Gasteiger partial charge on any atom is -0.497 e. The molecule has 0 aliphatic rings. The van der Waals surface area contributed by atoms with E-state index in [1.165, 1.54) is 0 Å². The maximum absolute atomic E-state index is 5.64. The molecule has 0 saturated heterocycles. The average Bonchev–Trinajstić information content (AvgIpc) is 2.45. The van der Waals surface area contributed by atoms with Gasteiger partial charge in [0.05, 0.1) is 13.7 Å². The van der Waals surface area contributed by atoms with E-state index in [2.05, 4.69) is 4.98 Å². The van der Waals surface area contributed by atoms with Crippen molar-refractivity contribution in [3.8, 4) is 11.5 Å². The molecule has 0 saturated carbocycles. The van der Waals surface area contributed by atoms with Crippen molar-refractivity contribution in [3.63, 3.8) is 0 Å². The van der Waals surface area contributed by atoms with E-state index in [9.17, 15) is 0 Å². The quantitative estimate of drug-likeness (QED) is 0.730. The van der Waals surface area contributed by atoms with Crippen LogP contribution in [-0.4, -0.2) is 18.7 Å². The minimum atomic E-state index is 0.697. The number of aromatic nitrogens is 1. The van der Waals surface area contributed by atoms with Crippen molar-refractivity contribution < 1.29 is 9.47 Å². The molecular formula is C15H17NO2. The lowest BCUT2D eigenvalue weighted by molar-refractivity contribution is 0.309. The molecule has 0 fully saturated rings. The van der Waals surface area contributed by atoms with E-state index in [-0.39, 0.29) is 0 Å². The van der Waals surface area contributed by atoms with Crippen molar-refractivity contribution in [2.24, 2.45) is 0 Å². The van der Waals surface area contributed by atoms with Crippen LogP contribution < -0.4 is 9.47 Å². The highest BCUT2D eigenvalue weighted by atomic mass is 16.5. The zero-order chi connectivity index (χ0) is 12.6. The van der Waals surface area contributed by atoms with Gasteiger partial charge in [0.25, 0.3) is 0 Å². The van der Waals surface area contributed by atoms with Crippen molar-refractivity contribution in [2.75, 3.05) is 13.7 Å². The Morgan fingerprint density at radius 1 is 1.00 bits per heavy atom. The summed E-state index contributed by atoms with van der Waals surface area (Å²) in [6.07, 6.45) is 3.72. The zero-order valence-corrected chi connectivity index (χ0v) is 10.5. The van der Waals surface area contributed by atoms with Crippen LogP contribution in [0.15, 0.2) is 48.7 Å². The van der Waals surface area contributed by atoms with Crippen molar-refractivity contribution in [2.45, 2.75) is 12.8 Å². The largest absolute Gasteiger partial charge is 0.497 e. The minimum absolute atomic E-state index is 0.697. The normalized spacial score (nSPS) is 10.1. The number of methoxy groups -OCH3 is 1. The van der Waals surface area contributed by atoms with Crippen LogP contribution in [0.5, 0.6) is 11.5 Å². The smallest absolute Gasteiger partial charge is 0.119 e. The van der Waals surface area contributed by atoms with Crippen LogP contribution in [0.1, 0.15) is 12.1 Å². The molecule has 0 N–H and O–H groups in total. The van der Waals surface area contributed by atoms with Gasteiger partial charge < -0.3 is 9.47 Å². The summed E-state index contributed by atoms with van der Waals surface area (Å²) in [5.41, 5.74) is 1.11. The molecule has 0 aliphatic carbocycles. The lowest BCUT2D eigenvalue weighted by atomic mass is 10.2. The third kappa shape index (κ3) is 3.77. The number of hydrogen-bond donors (Lipinski definition) is 0. The maximum atomic E-state index is 5.64. The predicted octanol–water partition coefficient (Wildman–Crippen LogP) is 3.10. The van der Waals surface area contributed by atoms with Crippen molar-refractivity contribution >= 4 is 0 Å². The molecule has 94 valence electrons. The van der Waals surface area contributed by atoms with Crippen LogP contribution in [0.3, 0.4) is 0 Å². The second kappa shape index (κ2) is 6.64. The summed E-state index contributed by atoms with van der Waals surface area (Å²) >= 11 is 0. The first-order chi connectivity index (χ1) is 8.88. The van der Waals surface area contributed by atoms with Crippen molar-refractivity contribution in [3.05, 3.63) is 54.4 Å². The highest BCUT2D eigenvalue weighted by molar-refractivity contribution is 5.31. The van der Waals surface area contributed by atoms with E-state index in [1.54, 1.807) is 7.11 Å². The summed E-state index contributed by atoms with van der Waals surface area (Å²) in [6.45, 7) is 0.697. The van der Waals surface area contributed by atoms with Crippen LogP contribution in [-0.2, 0) is 6.42 Å². The number of hydrogen-bond acceptors (Lipinski definition) is 3. The fraction of sp³-hybridized carbons (Fsp3) is 0.267. The molecule has 3 heteroatoms. The van der Waals surface area contributed by atoms with Crippen LogP contribution >= 0.6 is 0 Å². The van der Waals surface area contributed by atoms with Gasteiger partial charge in [-0.25, -0.2) is 0 Å². The van der Waals surface area contributed by atoms with Gasteiger partial charge in [0, 0.05) is 11.9 Å². The Morgan fingerprint density at radius 3 is 2.44 bits per heavy atom. The van der Waals surface area contributed by atoms with Gasteiger partial charge in [-0.1, -0.05) is 6.07 Å². The molecule has 0 amide bonds. The predicted molar refractivity (Wildman–Crippen MR) is 71.0 cm³/mol. The fourth-order valence-corrected chi connectivity index (χ4v) is 1.66. The SMILES string of the molecule is COc1ccc(OCCCc2ccccn2)cc1. The Balaban J connectivity index is 1.72. The summed E-state index contributed by atoms with van der Waals surface area (Å²) in [5, 5.41) is 0. The first-order valence-electron chi connectivity index (χ1n) is 6.05. The molecule has 1 heterocycles. The summed E-state index contributed by atoms with van der Waals surface area (Å²) in [7, 11) is 1.66. The molecule has 1 aromatic heterocycles. The van der Waals surface area contributed by atoms with Gasteiger partial charge in [-0.05, 0) is 49.2 Å². The molecule has 0 bridgehead atoms. The molecule has 2 aromatic rings. The van der Waals surface area contributed by atoms with E-state index in [0.717, 1.165) is 30.0 Å². The monoisotopic (exact) mass is 243 g/mol. The first kappa shape index (κ1) is 12.4. The topological polar surface area (TPSA) is 31.4 Å². The highest BCUT2D eigenvalue weighted by Crippen LogP contribution is 2.17. The van der Waals surface area contributed by atoms with Crippen LogP contribution in [0.25, 0.3) is 0 Å². The van der Waals surface area contributed by atoms with E-state index >= 15 is 0 Å². The third-order valence-corrected chi connectivity index (χ3v) is 2.63. The van der Waals surface area contributed by atoms with E-state index in [4.69, 9.17) is 9.47 Å². The molecule has 2 rings (SSSR count). The van der Waals surface area contributed by atoms with Crippen LogP contribution in [0.2, 0.25) is 0 Å². The first-order valence-corrected chi connectivity index (χ1v) is 6.05. The number of aryl methyl sites for hydroxylation is 1. The van der Waals surface area contributed by atoms with E-state index in [0.29, 0.717) is 6.61 Å². The summed E-state index contributed by atoms with van der Waals surface area (Å²) in [5.74, 6) is 1.72.